The van der Waals surface area contributed by atoms with Gasteiger partial charge in [0.25, 0.3) is 0 Å². The summed E-state index contributed by atoms with van der Waals surface area (Å²) in [5, 5.41) is 10.2. The predicted octanol–water partition coefficient (Wildman–Crippen LogP) is 4.62. The fourth-order valence-corrected chi connectivity index (χ4v) is 2.52. The van der Waals surface area contributed by atoms with E-state index in [0.29, 0.717) is 23.1 Å². The lowest BCUT2D eigenvalue weighted by molar-refractivity contribution is -0.141. The van der Waals surface area contributed by atoms with Crippen LogP contribution in [0.25, 0.3) is 0 Å². The van der Waals surface area contributed by atoms with E-state index in [4.69, 9.17) is 9.47 Å². The van der Waals surface area contributed by atoms with Gasteiger partial charge in [-0.1, -0.05) is 24.8 Å². The van der Waals surface area contributed by atoms with E-state index in [2.05, 4.69) is 16.5 Å². The van der Waals surface area contributed by atoms with Gasteiger partial charge in [-0.05, 0) is 29.8 Å². The highest BCUT2D eigenvalue weighted by molar-refractivity contribution is 5.89. The molecule has 0 saturated carbocycles. The van der Waals surface area contributed by atoms with E-state index >= 15 is 0 Å². The molecule has 160 valence electrons. The SMILES string of the molecule is C=C(C(=O)OCc1cccc(Oc2ccc(C(F)(F)F)cn2)c1)C(O)c1cccnc1. The molecule has 0 aliphatic carbocycles. The molecule has 2 aromatic heterocycles. The minimum absolute atomic E-state index is 0.0184. The zero-order chi connectivity index (χ0) is 22.4. The summed E-state index contributed by atoms with van der Waals surface area (Å²) in [4.78, 5) is 19.7. The quantitative estimate of drug-likeness (QED) is 0.435. The number of rotatable bonds is 7. The van der Waals surface area contributed by atoms with E-state index in [1.807, 2.05) is 0 Å². The number of pyridine rings is 2. The molecule has 3 rings (SSSR count). The molecule has 31 heavy (non-hydrogen) atoms. The number of aliphatic hydroxyl groups excluding tert-OH is 1. The fraction of sp³-hybridized carbons (Fsp3) is 0.136. The average molecular weight is 430 g/mol. The summed E-state index contributed by atoms with van der Waals surface area (Å²) in [5.41, 5.74) is -0.0612. The van der Waals surface area contributed by atoms with Gasteiger partial charge < -0.3 is 14.6 Å². The molecule has 1 aromatic carbocycles. The lowest BCUT2D eigenvalue weighted by Crippen LogP contribution is -2.14. The standard InChI is InChI=1S/C22H17F3N2O4/c1-14(20(28)16-5-3-9-26-11-16)21(29)30-13-15-4-2-6-18(10-15)31-19-8-7-17(12-27-19)22(23,24)25/h2-12,20,28H,1,13H2. The number of nitrogens with zero attached hydrogens (tertiary/aromatic N) is 2. The number of carbonyl (C=O) groups excluding carboxylic acids is 1. The van der Waals surface area contributed by atoms with Gasteiger partial charge in [-0.2, -0.15) is 13.2 Å². The molecule has 0 radical (unpaired) electrons. The predicted molar refractivity (Wildman–Crippen MR) is 104 cm³/mol. The van der Waals surface area contributed by atoms with Gasteiger partial charge >= 0.3 is 12.1 Å². The van der Waals surface area contributed by atoms with Crippen LogP contribution in [-0.2, 0) is 22.3 Å². The van der Waals surface area contributed by atoms with Gasteiger partial charge in [-0.15, -0.1) is 0 Å². The van der Waals surface area contributed by atoms with E-state index in [-0.39, 0.29) is 18.1 Å². The van der Waals surface area contributed by atoms with E-state index in [0.717, 1.165) is 12.1 Å². The Morgan fingerprint density at radius 3 is 2.58 bits per heavy atom. The molecular formula is C22H17F3N2O4. The highest BCUT2D eigenvalue weighted by Gasteiger charge is 2.30. The minimum Gasteiger partial charge on any atom is -0.457 e. The van der Waals surface area contributed by atoms with Crippen LogP contribution in [0.5, 0.6) is 11.6 Å². The van der Waals surface area contributed by atoms with Gasteiger partial charge in [0, 0.05) is 30.2 Å². The van der Waals surface area contributed by atoms with Gasteiger partial charge in [-0.3, -0.25) is 4.98 Å². The lowest BCUT2D eigenvalue weighted by atomic mass is 10.1. The Labute approximate surface area is 175 Å². The zero-order valence-corrected chi connectivity index (χ0v) is 16.0. The molecule has 3 aromatic rings. The Morgan fingerprint density at radius 1 is 1.13 bits per heavy atom. The van der Waals surface area contributed by atoms with Crippen LogP contribution in [-0.4, -0.2) is 21.0 Å². The number of alkyl halides is 3. The van der Waals surface area contributed by atoms with E-state index < -0.39 is 23.8 Å². The van der Waals surface area contributed by atoms with Gasteiger partial charge in [0.1, 0.15) is 18.5 Å². The second kappa shape index (κ2) is 9.40. The molecule has 0 spiro atoms. The maximum atomic E-state index is 12.6. The van der Waals surface area contributed by atoms with Crippen LogP contribution in [0.2, 0.25) is 0 Å². The van der Waals surface area contributed by atoms with Gasteiger partial charge in [0.2, 0.25) is 5.88 Å². The molecule has 0 aliphatic heterocycles. The highest BCUT2D eigenvalue weighted by Crippen LogP contribution is 2.30. The average Bonchev–Trinajstić information content (AvgIpc) is 2.77. The topological polar surface area (TPSA) is 81.5 Å². The molecule has 0 amide bonds. The summed E-state index contributed by atoms with van der Waals surface area (Å²) in [6.07, 6.45) is -2.10. The maximum Gasteiger partial charge on any atom is 0.417 e. The number of ether oxygens (including phenoxy) is 2. The number of benzene rings is 1. The first-order chi connectivity index (χ1) is 14.7. The van der Waals surface area contributed by atoms with E-state index in [9.17, 15) is 23.1 Å². The summed E-state index contributed by atoms with van der Waals surface area (Å²) in [7, 11) is 0. The molecule has 0 bridgehead atoms. The third-order valence-electron chi connectivity index (χ3n) is 4.15. The number of hydrogen-bond acceptors (Lipinski definition) is 6. The minimum atomic E-state index is -4.48. The molecule has 0 saturated heterocycles. The summed E-state index contributed by atoms with van der Waals surface area (Å²) < 4.78 is 48.4. The highest BCUT2D eigenvalue weighted by atomic mass is 19.4. The number of esters is 1. The van der Waals surface area contributed by atoms with Crippen LogP contribution in [0.1, 0.15) is 22.8 Å². The summed E-state index contributed by atoms with van der Waals surface area (Å²) in [6, 6.07) is 11.6. The van der Waals surface area contributed by atoms with E-state index in [1.54, 1.807) is 36.4 Å². The van der Waals surface area contributed by atoms with Crippen LogP contribution in [0, 0.1) is 0 Å². The number of aromatic nitrogens is 2. The smallest absolute Gasteiger partial charge is 0.417 e. The molecular weight excluding hydrogens is 413 g/mol. The number of aliphatic hydroxyl groups is 1. The largest absolute Gasteiger partial charge is 0.457 e. The third kappa shape index (κ3) is 5.89. The van der Waals surface area contributed by atoms with Gasteiger partial charge in [0.15, 0.2) is 0 Å². The van der Waals surface area contributed by atoms with Crippen LogP contribution in [0.3, 0.4) is 0 Å². The summed E-state index contributed by atoms with van der Waals surface area (Å²) >= 11 is 0. The van der Waals surface area contributed by atoms with Crippen LogP contribution in [0.15, 0.2) is 79.3 Å². The first-order valence-corrected chi connectivity index (χ1v) is 8.98. The molecule has 1 atom stereocenters. The lowest BCUT2D eigenvalue weighted by Gasteiger charge is -2.13. The molecule has 0 aliphatic rings. The van der Waals surface area contributed by atoms with Gasteiger partial charge in [-0.25, -0.2) is 9.78 Å². The Kier molecular flexibility index (Phi) is 6.66. The Morgan fingerprint density at radius 2 is 1.94 bits per heavy atom. The van der Waals surface area contributed by atoms with Crippen molar-refractivity contribution in [3.8, 4) is 11.6 Å². The van der Waals surface area contributed by atoms with Crippen molar-refractivity contribution in [3.63, 3.8) is 0 Å². The van der Waals surface area contributed by atoms with Gasteiger partial charge in [0.05, 0.1) is 11.1 Å². The third-order valence-corrected chi connectivity index (χ3v) is 4.15. The van der Waals surface area contributed by atoms with Crippen molar-refractivity contribution in [1.29, 1.82) is 0 Å². The van der Waals surface area contributed by atoms with Crippen molar-refractivity contribution in [2.45, 2.75) is 18.9 Å². The number of carbonyl (C=O) groups is 1. The molecule has 0 fully saturated rings. The monoisotopic (exact) mass is 430 g/mol. The summed E-state index contributed by atoms with van der Waals surface area (Å²) in [5.74, 6) is -0.503. The van der Waals surface area contributed by atoms with E-state index in [1.165, 1.54) is 12.4 Å². The molecule has 6 nitrogen and oxygen atoms in total. The fourth-order valence-electron chi connectivity index (χ4n) is 2.52. The molecule has 1 unspecified atom stereocenters. The van der Waals surface area contributed by atoms with Crippen LogP contribution >= 0.6 is 0 Å². The maximum absolute atomic E-state index is 12.6. The summed E-state index contributed by atoms with van der Waals surface area (Å²) in [6.45, 7) is 3.45. The number of halogens is 3. The van der Waals surface area contributed by atoms with Crippen molar-refractivity contribution in [3.05, 3.63) is 96.0 Å². The Balaban J connectivity index is 1.59. The second-order valence-corrected chi connectivity index (χ2v) is 6.42. The van der Waals surface area contributed by atoms with Crippen molar-refractivity contribution in [2.24, 2.45) is 0 Å². The molecule has 1 N–H and O–H groups in total. The normalized spacial score (nSPS) is 12.1. The second-order valence-electron chi connectivity index (χ2n) is 6.42. The zero-order valence-electron chi connectivity index (χ0n) is 16.0. The molecule has 9 heteroatoms. The van der Waals surface area contributed by atoms with Crippen molar-refractivity contribution in [2.75, 3.05) is 0 Å². The Hall–Kier alpha value is -3.72. The first kappa shape index (κ1) is 22.0. The van der Waals surface area contributed by atoms with Crippen molar-refractivity contribution >= 4 is 5.97 Å². The van der Waals surface area contributed by atoms with Crippen molar-refractivity contribution in [1.82, 2.24) is 9.97 Å². The first-order valence-electron chi connectivity index (χ1n) is 8.98. The van der Waals surface area contributed by atoms with Crippen LogP contribution in [0.4, 0.5) is 13.2 Å². The number of hydrogen-bond donors (Lipinski definition) is 1. The molecule has 2 heterocycles. The van der Waals surface area contributed by atoms with Crippen molar-refractivity contribution < 1.29 is 32.5 Å². The van der Waals surface area contributed by atoms with Crippen LogP contribution < -0.4 is 4.74 Å². The Bertz CT molecular complexity index is 1050.